The molecule has 112 valence electrons. The zero-order valence-electron chi connectivity index (χ0n) is 13.1. The van der Waals surface area contributed by atoms with Crippen molar-refractivity contribution < 1.29 is 0 Å². The average Bonchev–Trinajstić information content (AvgIpc) is 2.42. The molecule has 0 aromatic heterocycles. The lowest BCUT2D eigenvalue weighted by Gasteiger charge is -2.41. The van der Waals surface area contributed by atoms with Crippen LogP contribution in [0.4, 0.5) is 0 Å². The molecule has 0 spiro atoms. The van der Waals surface area contributed by atoms with Crippen molar-refractivity contribution in [1.82, 2.24) is 10.2 Å². The Labute approximate surface area is 128 Å². The van der Waals surface area contributed by atoms with Crippen LogP contribution in [0.25, 0.3) is 0 Å². The van der Waals surface area contributed by atoms with Gasteiger partial charge in [0, 0.05) is 29.7 Å². The number of hydrogen-bond acceptors (Lipinski definition) is 2. The standard InChI is InChI=1S/C17H27ClN2/c1-5-16(14-6-8-15(18)9-7-14)19-17-10-13(3)20(4)11-12(17)2/h6-9,12-13,16-17,19H,5,10-11H2,1-4H3. The molecule has 4 atom stereocenters. The average molecular weight is 295 g/mol. The molecule has 1 aliphatic heterocycles. The van der Waals surface area contributed by atoms with Gasteiger partial charge in [-0.3, -0.25) is 0 Å². The molecule has 0 aliphatic carbocycles. The van der Waals surface area contributed by atoms with Crippen molar-refractivity contribution in [2.24, 2.45) is 5.92 Å². The highest BCUT2D eigenvalue weighted by molar-refractivity contribution is 6.30. The maximum absolute atomic E-state index is 5.98. The van der Waals surface area contributed by atoms with Crippen molar-refractivity contribution in [3.8, 4) is 0 Å². The van der Waals surface area contributed by atoms with Gasteiger partial charge in [0.05, 0.1) is 0 Å². The van der Waals surface area contributed by atoms with Gasteiger partial charge in [0.25, 0.3) is 0 Å². The topological polar surface area (TPSA) is 15.3 Å². The summed E-state index contributed by atoms with van der Waals surface area (Å²) in [4.78, 5) is 2.46. The second kappa shape index (κ2) is 6.93. The summed E-state index contributed by atoms with van der Waals surface area (Å²) >= 11 is 5.98. The van der Waals surface area contributed by atoms with Crippen LogP contribution in [0.3, 0.4) is 0 Å². The van der Waals surface area contributed by atoms with Crippen molar-refractivity contribution in [2.45, 2.75) is 51.7 Å². The summed E-state index contributed by atoms with van der Waals surface area (Å²) in [7, 11) is 2.23. The lowest BCUT2D eigenvalue weighted by molar-refractivity contribution is 0.115. The number of nitrogens with zero attached hydrogens (tertiary/aromatic N) is 1. The molecule has 20 heavy (non-hydrogen) atoms. The molecule has 1 aromatic carbocycles. The maximum Gasteiger partial charge on any atom is 0.0406 e. The predicted octanol–water partition coefficient (Wildman–Crippen LogP) is 4.11. The van der Waals surface area contributed by atoms with Crippen LogP contribution in [0.2, 0.25) is 5.02 Å². The molecule has 0 bridgehead atoms. The minimum atomic E-state index is 0.426. The van der Waals surface area contributed by atoms with Crippen LogP contribution in [0.1, 0.15) is 45.2 Å². The first-order chi connectivity index (χ1) is 9.51. The van der Waals surface area contributed by atoms with Crippen LogP contribution in [0, 0.1) is 5.92 Å². The van der Waals surface area contributed by atoms with Crippen LogP contribution in [-0.4, -0.2) is 30.6 Å². The van der Waals surface area contributed by atoms with Crippen LogP contribution < -0.4 is 5.32 Å². The zero-order chi connectivity index (χ0) is 14.7. The molecular weight excluding hydrogens is 268 g/mol. The third kappa shape index (κ3) is 3.75. The zero-order valence-corrected chi connectivity index (χ0v) is 13.8. The van der Waals surface area contributed by atoms with Gasteiger partial charge in [-0.25, -0.2) is 0 Å². The van der Waals surface area contributed by atoms with Gasteiger partial charge in [-0.05, 0) is 50.4 Å². The Bertz CT molecular complexity index is 418. The highest BCUT2D eigenvalue weighted by Gasteiger charge is 2.30. The van der Waals surface area contributed by atoms with Crippen molar-refractivity contribution in [2.75, 3.05) is 13.6 Å². The van der Waals surface area contributed by atoms with E-state index in [4.69, 9.17) is 11.6 Å². The largest absolute Gasteiger partial charge is 0.307 e. The summed E-state index contributed by atoms with van der Waals surface area (Å²) < 4.78 is 0. The van der Waals surface area contributed by atoms with Crippen molar-refractivity contribution in [3.05, 3.63) is 34.9 Å². The van der Waals surface area contributed by atoms with Crippen molar-refractivity contribution in [3.63, 3.8) is 0 Å². The molecule has 0 amide bonds. The number of benzene rings is 1. The fourth-order valence-electron chi connectivity index (χ4n) is 3.18. The van der Waals surface area contributed by atoms with Crippen LogP contribution in [0.5, 0.6) is 0 Å². The minimum Gasteiger partial charge on any atom is -0.307 e. The summed E-state index contributed by atoms with van der Waals surface area (Å²) in [6, 6.07) is 9.95. The quantitative estimate of drug-likeness (QED) is 0.899. The van der Waals surface area contributed by atoms with E-state index >= 15 is 0 Å². The summed E-state index contributed by atoms with van der Waals surface area (Å²) in [5.74, 6) is 0.692. The van der Waals surface area contributed by atoms with Gasteiger partial charge in [0.2, 0.25) is 0 Å². The molecule has 1 saturated heterocycles. The molecule has 0 radical (unpaired) electrons. The molecule has 0 saturated carbocycles. The van der Waals surface area contributed by atoms with Gasteiger partial charge in [-0.15, -0.1) is 0 Å². The lowest BCUT2D eigenvalue weighted by Crippen LogP contribution is -2.51. The van der Waals surface area contributed by atoms with Gasteiger partial charge in [0.1, 0.15) is 0 Å². The number of hydrogen-bond donors (Lipinski definition) is 1. The van der Waals surface area contributed by atoms with E-state index in [0.29, 0.717) is 24.0 Å². The predicted molar refractivity (Wildman–Crippen MR) is 87.3 cm³/mol. The summed E-state index contributed by atoms with van der Waals surface area (Å²) in [5.41, 5.74) is 1.34. The van der Waals surface area contributed by atoms with E-state index in [1.165, 1.54) is 18.5 Å². The molecule has 1 N–H and O–H groups in total. The summed E-state index contributed by atoms with van der Waals surface area (Å²) in [5, 5.41) is 4.68. The smallest absolute Gasteiger partial charge is 0.0406 e. The molecule has 4 unspecified atom stereocenters. The van der Waals surface area contributed by atoms with Gasteiger partial charge in [-0.2, -0.15) is 0 Å². The Balaban J connectivity index is 2.04. The van der Waals surface area contributed by atoms with Crippen LogP contribution >= 0.6 is 11.6 Å². The van der Waals surface area contributed by atoms with Crippen LogP contribution in [0.15, 0.2) is 24.3 Å². The number of piperidine rings is 1. The molecule has 3 heteroatoms. The number of nitrogens with one attached hydrogen (secondary N) is 1. The normalized spacial score (nSPS) is 29.4. The van der Waals surface area contributed by atoms with Gasteiger partial charge >= 0.3 is 0 Å². The SMILES string of the molecule is CCC(NC1CC(C)N(C)CC1C)c1ccc(Cl)cc1. The maximum atomic E-state index is 5.98. The lowest BCUT2D eigenvalue weighted by atomic mass is 9.88. The molecule has 1 fully saturated rings. The minimum absolute atomic E-state index is 0.426. The summed E-state index contributed by atoms with van der Waals surface area (Å²) in [6.07, 6.45) is 2.33. The molecule has 1 aromatic rings. The second-order valence-corrected chi connectivity index (χ2v) is 6.72. The molecule has 1 aliphatic rings. The first-order valence-corrected chi connectivity index (χ1v) is 8.10. The highest BCUT2D eigenvalue weighted by atomic mass is 35.5. The fourth-order valence-corrected chi connectivity index (χ4v) is 3.30. The third-order valence-electron chi connectivity index (χ3n) is 4.71. The number of halogens is 1. The molecule has 2 rings (SSSR count). The Kier molecular flexibility index (Phi) is 5.48. The summed E-state index contributed by atoms with van der Waals surface area (Å²) in [6.45, 7) is 8.10. The molecule has 2 nitrogen and oxygen atoms in total. The van der Waals surface area contributed by atoms with E-state index in [2.05, 4.69) is 50.2 Å². The fraction of sp³-hybridized carbons (Fsp3) is 0.647. The number of rotatable bonds is 4. The van der Waals surface area contributed by atoms with E-state index in [-0.39, 0.29) is 0 Å². The Morgan fingerprint density at radius 2 is 1.95 bits per heavy atom. The Morgan fingerprint density at radius 3 is 2.55 bits per heavy atom. The first-order valence-electron chi connectivity index (χ1n) is 7.73. The number of likely N-dealkylation sites (tertiary alicyclic amines) is 1. The van der Waals surface area contributed by atoms with E-state index < -0.39 is 0 Å². The monoisotopic (exact) mass is 294 g/mol. The van der Waals surface area contributed by atoms with Crippen molar-refractivity contribution >= 4 is 11.6 Å². The van der Waals surface area contributed by atoms with Crippen molar-refractivity contribution in [1.29, 1.82) is 0 Å². The van der Waals surface area contributed by atoms with Crippen LogP contribution in [-0.2, 0) is 0 Å². The van der Waals surface area contributed by atoms with E-state index in [1.54, 1.807) is 0 Å². The van der Waals surface area contributed by atoms with E-state index in [9.17, 15) is 0 Å². The Hall–Kier alpha value is -0.570. The second-order valence-electron chi connectivity index (χ2n) is 6.29. The molecular formula is C17H27ClN2. The highest BCUT2D eigenvalue weighted by Crippen LogP contribution is 2.26. The van der Waals surface area contributed by atoms with E-state index in [1.807, 2.05) is 12.1 Å². The molecule has 1 heterocycles. The van der Waals surface area contributed by atoms with Gasteiger partial charge in [0.15, 0.2) is 0 Å². The first kappa shape index (κ1) is 15.8. The van der Waals surface area contributed by atoms with E-state index in [0.717, 1.165) is 11.4 Å². The van der Waals surface area contributed by atoms with Gasteiger partial charge in [-0.1, -0.05) is 37.6 Å². The Morgan fingerprint density at radius 1 is 1.30 bits per heavy atom. The third-order valence-corrected chi connectivity index (χ3v) is 4.96. The van der Waals surface area contributed by atoms with Gasteiger partial charge < -0.3 is 10.2 Å².